The molecule has 4 fully saturated rings. The summed E-state index contributed by atoms with van der Waals surface area (Å²) in [6.45, 7) is 11.7. The minimum absolute atomic E-state index is 0. The maximum absolute atomic E-state index is 15.2. The van der Waals surface area contributed by atoms with Gasteiger partial charge >= 0.3 is 0 Å². The van der Waals surface area contributed by atoms with Gasteiger partial charge in [-0.15, -0.1) is 0 Å². The Balaban J connectivity index is 0.000000232. The Bertz CT molecular complexity index is 2100. The summed E-state index contributed by atoms with van der Waals surface area (Å²) in [6, 6.07) is 4.51. The van der Waals surface area contributed by atoms with Crippen LogP contribution in [0.25, 0.3) is 21.8 Å². The third kappa shape index (κ3) is 8.29. The maximum Gasteiger partial charge on any atom is 0.257 e. The summed E-state index contributed by atoms with van der Waals surface area (Å²) in [4.78, 5) is 53.0. The topological polar surface area (TPSA) is 203 Å². The molecule has 2 atom stereocenters. The van der Waals surface area contributed by atoms with Crippen molar-refractivity contribution in [2.75, 3.05) is 49.1 Å². The number of benzene rings is 2. The molecule has 55 heavy (non-hydrogen) atoms. The summed E-state index contributed by atoms with van der Waals surface area (Å²) in [5.41, 5.74) is 1.80. The molecular weight excluding hydrogens is 761 g/mol. The van der Waals surface area contributed by atoms with Gasteiger partial charge in [0, 0.05) is 87.0 Å². The van der Waals surface area contributed by atoms with Gasteiger partial charge in [0.15, 0.2) is 0 Å². The van der Waals surface area contributed by atoms with Gasteiger partial charge < -0.3 is 46.0 Å². The van der Waals surface area contributed by atoms with Crippen LogP contribution in [0.15, 0.2) is 34.1 Å². The minimum Gasteiger partial charge on any atom is -0.412 e. The lowest BCUT2D eigenvalue weighted by Gasteiger charge is -2.34. The van der Waals surface area contributed by atoms with Crippen LogP contribution >= 0.6 is 23.2 Å². The van der Waals surface area contributed by atoms with Crippen molar-refractivity contribution in [2.45, 2.75) is 77.5 Å². The normalized spacial score (nSPS) is 19.5. The van der Waals surface area contributed by atoms with E-state index in [1.807, 2.05) is 18.9 Å². The molecule has 2 saturated carbocycles. The number of pyridine rings is 2. The zero-order valence-corrected chi connectivity index (χ0v) is 32.6. The van der Waals surface area contributed by atoms with E-state index in [-0.39, 0.29) is 73.6 Å². The molecule has 8 N–H and O–H groups in total. The first-order chi connectivity index (χ1) is 24.8. The summed E-state index contributed by atoms with van der Waals surface area (Å²) < 4.78 is 34.2. The Morgan fingerprint density at radius 1 is 0.673 bits per heavy atom. The second-order valence-electron chi connectivity index (χ2n) is 14.6. The van der Waals surface area contributed by atoms with Crippen molar-refractivity contribution in [3.05, 3.63) is 78.9 Å². The third-order valence-electron chi connectivity index (χ3n) is 10.7. The van der Waals surface area contributed by atoms with Crippen molar-refractivity contribution >= 4 is 66.9 Å². The Morgan fingerprint density at radius 2 is 1.02 bits per heavy atom. The van der Waals surface area contributed by atoms with Crippen molar-refractivity contribution in [3.63, 3.8) is 0 Å². The van der Waals surface area contributed by atoms with Crippen LogP contribution in [0.1, 0.15) is 83.5 Å². The number of carbonyl (C=O) groups excluding carboxylic acids is 2. The summed E-state index contributed by atoms with van der Waals surface area (Å²) in [5, 5.41) is 5.61. The Morgan fingerprint density at radius 3 is 1.31 bits per heavy atom. The zero-order chi connectivity index (χ0) is 37.2. The van der Waals surface area contributed by atoms with Crippen molar-refractivity contribution < 1.29 is 34.8 Å². The molecule has 2 aromatic heterocycles. The molecule has 0 radical (unpaired) electrons. The lowest BCUT2D eigenvalue weighted by Crippen LogP contribution is -2.49. The van der Waals surface area contributed by atoms with Gasteiger partial charge in [-0.1, -0.05) is 0 Å². The van der Waals surface area contributed by atoms with Crippen molar-refractivity contribution in [1.82, 2.24) is 19.8 Å². The number of aryl methyl sites for hydroxylation is 2. The predicted molar refractivity (Wildman–Crippen MR) is 213 cm³/mol. The summed E-state index contributed by atoms with van der Waals surface area (Å²) >= 11 is 11.2. The van der Waals surface area contributed by atoms with E-state index in [4.69, 9.17) is 23.2 Å². The fraction of sp³-hybridized carbons (Fsp3) is 0.474. The van der Waals surface area contributed by atoms with Gasteiger partial charge in [-0.25, -0.2) is 8.78 Å². The van der Waals surface area contributed by atoms with Crippen LogP contribution in [0.3, 0.4) is 0 Å². The van der Waals surface area contributed by atoms with Gasteiger partial charge in [-0.3, -0.25) is 19.2 Å². The minimum atomic E-state index is -0.800. The second kappa shape index (κ2) is 17.0. The summed E-state index contributed by atoms with van der Waals surface area (Å²) in [5.74, 6) is -0.796. The van der Waals surface area contributed by atoms with Gasteiger partial charge in [0.1, 0.15) is 11.6 Å². The molecule has 300 valence electrons. The van der Waals surface area contributed by atoms with Crippen LogP contribution in [-0.4, -0.2) is 87.4 Å². The number of hydrogen-bond donors (Lipinski definition) is 2. The number of aromatic nitrogens is 2. The molecule has 0 amide bonds. The highest BCUT2D eigenvalue weighted by Gasteiger charge is 2.31. The van der Waals surface area contributed by atoms with Gasteiger partial charge in [0.2, 0.25) is 10.9 Å². The molecule has 4 aliphatic rings. The van der Waals surface area contributed by atoms with E-state index in [1.54, 1.807) is 38.4 Å². The van der Waals surface area contributed by atoms with Crippen molar-refractivity contribution in [3.8, 4) is 0 Å². The zero-order valence-electron chi connectivity index (χ0n) is 31.1. The molecule has 2 saturated heterocycles. The molecule has 2 aliphatic heterocycles. The van der Waals surface area contributed by atoms with Crippen LogP contribution in [-0.2, 0) is 0 Å². The molecule has 2 aromatic carbocycles. The molecule has 2 aliphatic carbocycles. The Kier molecular flexibility index (Phi) is 13.6. The molecule has 8 rings (SSSR count). The van der Waals surface area contributed by atoms with Crippen LogP contribution in [0.2, 0.25) is 0 Å². The number of fused-ring (bicyclic) bond motifs is 2. The molecule has 17 heteroatoms. The molecule has 0 spiro atoms. The fourth-order valence-electron chi connectivity index (χ4n) is 7.65. The van der Waals surface area contributed by atoms with Crippen molar-refractivity contribution in [1.29, 1.82) is 0 Å². The van der Waals surface area contributed by atoms with E-state index in [9.17, 15) is 19.2 Å². The van der Waals surface area contributed by atoms with Crippen LogP contribution < -0.4 is 31.3 Å². The molecule has 13 nitrogen and oxygen atoms in total. The third-order valence-corrected chi connectivity index (χ3v) is 11.1. The van der Waals surface area contributed by atoms with Gasteiger partial charge in [0.05, 0.1) is 44.3 Å². The van der Waals surface area contributed by atoms with Crippen LogP contribution in [0, 0.1) is 25.5 Å². The van der Waals surface area contributed by atoms with E-state index >= 15 is 8.78 Å². The SMILES string of the molecule is Cc1c(F)c(N2CCNC(C)C2)cc2c1c(=O)c(C(=O)Cl)cn2C1CC1.Cc1c(F)c(N2CCNC(C)C2)cc2c1c(=O)c(C(=O)Cl)cn2C1CC1.O.O.O. The summed E-state index contributed by atoms with van der Waals surface area (Å²) in [7, 11) is 0. The molecule has 4 aromatic rings. The number of nitrogens with one attached hydrogen (secondary N) is 2. The Labute approximate surface area is 326 Å². The second-order valence-corrected chi connectivity index (χ2v) is 15.3. The van der Waals surface area contributed by atoms with E-state index < -0.39 is 33.0 Å². The van der Waals surface area contributed by atoms with E-state index in [0.29, 0.717) is 48.6 Å². The van der Waals surface area contributed by atoms with Gasteiger partial charge in [0.25, 0.3) is 10.5 Å². The summed E-state index contributed by atoms with van der Waals surface area (Å²) in [6.07, 6.45) is 6.99. The quantitative estimate of drug-likeness (QED) is 0.276. The van der Waals surface area contributed by atoms with E-state index in [0.717, 1.165) is 38.8 Å². The highest BCUT2D eigenvalue weighted by Crippen LogP contribution is 2.40. The standard InChI is InChI=1S/2C19H21ClFN3O2.3H2O/c2*1-10-8-23(6-5-22-10)15-7-14-16(11(2)17(15)21)18(25)13(19(20)26)9-24(14)12-3-4-12;;;/h2*7,9-10,12,22H,3-6,8H2,1-2H3;3*1H2. The highest BCUT2D eigenvalue weighted by atomic mass is 35.5. The highest BCUT2D eigenvalue weighted by molar-refractivity contribution is 6.68. The fourth-order valence-corrected chi connectivity index (χ4v) is 7.92. The largest absolute Gasteiger partial charge is 0.412 e. The average Bonchev–Trinajstić information content (AvgIpc) is 4.03. The lowest BCUT2D eigenvalue weighted by molar-refractivity contribution is 0.107. The number of nitrogens with zero attached hydrogens (tertiary/aromatic N) is 4. The molecule has 0 bridgehead atoms. The van der Waals surface area contributed by atoms with Crippen molar-refractivity contribution in [2.24, 2.45) is 0 Å². The van der Waals surface area contributed by atoms with Crippen LogP contribution in [0.5, 0.6) is 0 Å². The van der Waals surface area contributed by atoms with Crippen LogP contribution in [0.4, 0.5) is 20.2 Å². The number of hydrogen-bond acceptors (Lipinski definition) is 8. The Hall–Kier alpha value is -3.96. The maximum atomic E-state index is 15.2. The molecular formula is C38H48Cl2F2N6O7. The molecule has 4 heterocycles. The smallest absolute Gasteiger partial charge is 0.257 e. The van der Waals surface area contributed by atoms with Gasteiger partial charge in [-0.05, 0) is 88.7 Å². The van der Waals surface area contributed by atoms with Gasteiger partial charge in [-0.2, -0.15) is 0 Å². The lowest BCUT2D eigenvalue weighted by atomic mass is 10.0. The first-order valence-corrected chi connectivity index (χ1v) is 18.6. The number of rotatable bonds is 6. The molecule has 2 unspecified atom stereocenters. The first kappa shape index (κ1) is 43.8. The number of piperazine rings is 2. The number of halogens is 4. The van der Waals surface area contributed by atoms with E-state index in [1.165, 1.54) is 0 Å². The monoisotopic (exact) mass is 808 g/mol. The number of carbonyl (C=O) groups is 2. The van der Waals surface area contributed by atoms with E-state index in [2.05, 4.69) is 24.5 Å². The predicted octanol–water partition coefficient (Wildman–Crippen LogP) is 3.45. The average molecular weight is 810 g/mol. The number of anilines is 2. The first-order valence-electron chi connectivity index (χ1n) is 17.9.